The average molecular weight is 238 g/mol. The van der Waals surface area contributed by atoms with Crippen molar-refractivity contribution in [3.63, 3.8) is 0 Å². The summed E-state index contributed by atoms with van der Waals surface area (Å²) in [6.45, 7) is 0. The van der Waals surface area contributed by atoms with Gasteiger partial charge in [0.15, 0.2) is 0 Å². The van der Waals surface area contributed by atoms with Crippen LogP contribution in [0.4, 0.5) is 4.39 Å². The minimum atomic E-state index is -0.193. The summed E-state index contributed by atoms with van der Waals surface area (Å²) in [6.07, 6.45) is 2.94. The molecule has 0 spiro atoms. The highest BCUT2D eigenvalue weighted by Gasteiger charge is 2.42. The van der Waals surface area contributed by atoms with E-state index in [0.29, 0.717) is 6.42 Å². The summed E-state index contributed by atoms with van der Waals surface area (Å²) in [5.41, 5.74) is 5.64. The van der Waals surface area contributed by atoms with Crippen molar-refractivity contribution in [2.45, 2.75) is 24.2 Å². The third-order valence-electron chi connectivity index (χ3n) is 2.86. The number of thioether (sulfide) groups is 1. The van der Waals surface area contributed by atoms with Crippen LogP contribution in [0.15, 0.2) is 29.2 Å². The molecule has 2 nitrogen and oxygen atoms in total. The molecule has 0 amide bonds. The van der Waals surface area contributed by atoms with Gasteiger partial charge in [-0.05, 0) is 36.5 Å². The van der Waals surface area contributed by atoms with Crippen LogP contribution in [0.25, 0.3) is 0 Å². The van der Waals surface area contributed by atoms with Crippen molar-refractivity contribution >= 4 is 17.6 Å². The minimum Gasteiger partial charge on any atom is -0.388 e. The number of amidine groups is 1. The molecule has 2 rings (SSSR count). The predicted octanol–water partition coefficient (Wildman–Crippen LogP) is 3.02. The standard InChI is InChI=1S/C12H15FN2S/c13-9-2-1-3-10(6-9)16-8-12(4-5-12)7-11(14)15/h1-3,6H,4-5,7-8H2,(H3,14,15). The highest BCUT2D eigenvalue weighted by atomic mass is 32.2. The van der Waals surface area contributed by atoms with Crippen LogP contribution in [0.1, 0.15) is 19.3 Å². The summed E-state index contributed by atoms with van der Waals surface area (Å²) in [6, 6.07) is 6.64. The second-order valence-electron chi connectivity index (χ2n) is 4.45. The smallest absolute Gasteiger partial charge is 0.124 e. The maximum absolute atomic E-state index is 12.9. The van der Waals surface area contributed by atoms with Gasteiger partial charge < -0.3 is 5.73 Å². The second-order valence-corrected chi connectivity index (χ2v) is 5.50. The van der Waals surface area contributed by atoms with Crippen molar-refractivity contribution < 1.29 is 4.39 Å². The van der Waals surface area contributed by atoms with E-state index in [9.17, 15) is 4.39 Å². The molecule has 1 aliphatic carbocycles. The monoisotopic (exact) mass is 238 g/mol. The maximum Gasteiger partial charge on any atom is 0.124 e. The lowest BCUT2D eigenvalue weighted by Crippen LogP contribution is -2.18. The first-order valence-electron chi connectivity index (χ1n) is 5.31. The Bertz CT molecular complexity index is 402. The summed E-state index contributed by atoms with van der Waals surface area (Å²) < 4.78 is 12.9. The van der Waals surface area contributed by atoms with E-state index in [4.69, 9.17) is 11.1 Å². The van der Waals surface area contributed by atoms with Gasteiger partial charge in [-0.1, -0.05) is 6.07 Å². The van der Waals surface area contributed by atoms with Crippen molar-refractivity contribution in [1.29, 1.82) is 5.41 Å². The van der Waals surface area contributed by atoms with Gasteiger partial charge in [0.1, 0.15) is 5.82 Å². The van der Waals surface area contributed by atoms with E-state index >= 15 is 0 Å². The van der Waals surface area contributed by atoms with Crippen molar-refractivity contribution in [3.8, 4) is 0 Å². The zero-order valence-corrected chi connectivity index (χ0v) is 9.82. The molecular formula is C12H15FN2S. The number of hydrogen-bond acceptors (Lipinski definition) is 2. The molecule has 86 valence electrons. The number of nitrogens with one attached hydrogen (secondary N) is 1. The van der Waals surface area contributed by atoms with E-state index in [1.807, 2.05) is 6.07 Å². The van der Waals surface area contributed by atoms with E-state index in [1.165, 1.54) is 6.07 Å². The van der Waals surface area contributed by atoms with Crippen LogP contribution >= 0.6 is 11.8 Å². The van der Waals surface area contributed by atoms with Gasteiger partial charge in [-0.25, -0.2) is 4.39 Å². The summed E-state index contributed by atoms with van der Waals surface area (Å²) in [4.78, 5) is 0.954. The molecule has 0 unspecified atom stereocenters. The summed E-state index contributed by atoms with van der Waals surface area (Å²) in [5, 5.41) is 7.32. The van der Waals surface area contributed by atoms with Gasteiger partial charge in [0.2, 0.25) is 0 Å². The lowest BCUT2D eigenvalue weighted by atomic mass is 10.1. The van der Waals surface area contributed by atoms with E-state index < -0.39 is 0 Å². The molecule has 0 saturated heterocycles. The third-order valence-corrected chi connectivity index (χ3v) is 4.21. The zero-order chi connectivity index (χ0) is 11.6. The molecule has 0 atom stereocenters. The predicted molar refractivity (Wildman–Crippen MR) is 65.3 cm³/mol. The Balaban J connectivity index is 1.90. The Labute approximate surface area is 98.9 Å². The lowest BCUT2D eigenvalue weighted by Gasteiger charge is -2.13. The van der Waals surface area contributed by atoms with Crippen molar-refractivity contribution in [1.82, 2.24) is 0 Å². The number of nitrogens with two attached hydrogens (primary N) is 1. The molecule has 0 radical (unpaired) electrons. The van der Waals surface area contributed by atoms with Crippen LogP contribution in [0.2, 0.25) is 0 Å². The molecule has 0 bridgehead atoms. The second kappa shape index (κ2) is 4.45. The molecule has 3 N–H and O–H groups in total. The van der Waals surface area contributed by atoms with Gasteiger partial charge in [0.25, 0.3) is 0 Å². The van der Waals surface area contributed by atoms with Crippen LogP contribution in [0, 0.1) is 16.6 Å². The summed E-state index contributed by atoms with van der Waals surface area (Å²) >= 11 is 1.65. The molecule has 4 heteroatoms. The van der Waals surface area contributed by atoms with Crippen LogP contribution in [-0.2, 0) is 0 Å². The fourth-order valence-corrected chi connectivity index (χ4v) is 2.98. The van der Waals surface area contributed by atoms with Gasteiger partial charge >= 0.3 is 0 Å². The van der Waals surface area contributed by atoms with Gasteiger partial charge in [0, 0.05) is 17.1 Å². The Morgan fingerprint density at radius 2 is 2.25 bits per heavy atom. The normalized spacial score (nSPS) is 17.1. The number of halogens is 1. The molecule has 1 aromatic rings. The van der Waals surface area contributed by atoms with Gasteiger partial charge in [-0.3, -0.25) is 5.41 Å². The Kier molecular flexibility index (Phi) is 3.19. The molecule has 0 heterocycles. The number of hydrogen-bond donors (Lipinski definition) is 2. The molecule has 1 fully saturated rings. The molecule has 0 aromatic heterocycles. The van der Waals surface area contributed by atoms with Gasteiger partial charge in [0.05, 0.1) is 5.84 Å². The Morgan fingerprint density at radius 3 is 2.81 bits per heavy atom. The Hall–Kier alpha value is -1.03. The molecule has 16 heavy (non-hydrogen) atoms. The molecule has 1 aliphatic rings. The molecule has 1 aromatic carbocycles. The first kappa shape index (κ1) is 11.5. The molecule has 1 saturated carbocycles. The minimum absolute atomic E-state index is 0.193. The van der Waals surface area contributed by atoms with Gasteiger partial charge in [-0.2, -0.15) is 0 Å². The van der Waals surface area contributed by atoms with Crippen molar-refractivity contribution in [3.05, 3.63) is 30.1 Å². The zero-order valence-electron chi connectivity index (χ0n) is 9.00. The maximum atomic E-state index is 12.9. The largest absolute Gasteiger partial charge is 0.388 e. The topological polar surface area (TPSA) is 49.9 Å². The quantitative estimate of drug-likeness (QED) is 0.470. The first-order valence-corrected chi connectivity index (χ1v) is 6.30. The van der Waals surface area contributed by atoms with Gasteiger partial charge in [-0.15, -0.1) is 11.8 Å². The number of benzene rings is 1. The van der Waals surface area contributed by atoms with Crippen LogP contribution in [0.5, 0.6) is 0 Å². The van der Waals surface area contributed by atoms with Crippen molar-refractivity contribution in [2.24, 2.45) is 11.1 Å². The van der Waals surface area contributed by atoms with Crippen LogP contribution < -0.4 is 5.73 Å². The summed E-state index contributed by atoms with van der Waals surface area (Å²) in [5.74, 6) is 0.995. The lowest BCUT2D eigenvalue weighted by molar-refractivity contribution is 0.610. The fraction of sp³-hybridized carbons (Fsp3) is 0.417. The van der Waals surface area contributed by atoms with E-state index in [1.54, 1.807) is 23.9 Å². The Morgan fingerprint density at radius 1 is 1.50 bits per heavy atom. The van der Waals surface area contributed by atoms with E-state index in [2.05, 4.69) is 0 Å². The third kappa shape index (κ3) is 2.98. The van der Waals surface area contributed by atoms with E-state index in [-0.39, 0.29) is 17.1 Å². The number of rotatable bonds is 5. The highest BCUT2D eigenvalue weighted by molar-refractivity contribution is 7.99. The highest BCUT2D eigenvalue weighted by Crippen LogP contribution is 2.51. The molecule has 0 aliphatic heterocycles. The SMILES string of the molecule is N=C(N)CC1(CSc2cccc(F)c2)CC1. The average Bonchev–Trinajstić information content (AvgIpc) is 2.95. The van der Waals surface area contributed by atoms with E-state index in [0.717, 1.165) is 23.5 Å². The van der Waals surface area contributed by atoms with Crippen LogP contribution in [-0.4, -0.2) is 11.6 Å². The molecular weight excluding hydrogens is 223 g/mol. The fourth-order valence-electron chi connectivity index (χ4n) is 1.75. The summed E-state index contributed by atoms with van der Waals surface area (Å²) in [7, 11) is 0. The first-order chi connectivity index (χ1) is 7.60. The van der Waals surface area contributed by atoms with Crippen LogP contribution in [0.3, 0.4) is 0 Å². The van der Waals surface area contributed by atoms with Crippen molar-refractivity contribution in [2.75, 3.05) is 5.75 Å².